The van der Waals surface area contributed by atoms with Gasteiger partial charge < -0.3 is 16.0 Å². The minimum atomic E-state index is -4.49. The fourth-order valence-electron chi connectivity index (χ4n) is 2.21. The van der Waals surface area contributed by atoms with Crippen LogP contribution in [0.1, 0.15) is 21.5 Å². The van der Waals surface area contributed by atoms with E-state index in [0.29, 0.717) is 24.2 Å². The fourth-order valence-corrected chi connectivity index (χ4v) is 2.21. The Balaban J connectivity index is 1.91. The van der Waals surface area contributed by atoms with Gasteiger partial charge >= 0.3 is 12.2 Å². The monoisotopic (exact) mass is 380 g/mol. The summed E-state index contributed by atoms with van der Waals surface area (Å²) in [6.45, 7) is 0.669. The van der Waals surface area contributed by atoms with Gasteiger partial charge in [0.25, 0.3) is 5.91 Å². The molecule has 144 valence electrons. The molecule has 27 heavy (non-hydrogen) atoms. The number of urea groups is 1. The molecular weight excluding hydrogens is 361 g/mol. The Morgan fingerprint density at radius 3 is 2.59 bits per heavy atom. The van der Waals surface area contributed by atoms with Gasteiger partial charge in [-0.25, -0.2) is 4.79 Å². The highest BCUT2D eigenvalue weighted by Crippen LogP contribution is 2.18. The van der Waals surface area contributed by atoms with E-state index in [9.17, 15) is 22.8 Å². The van der Waals surface area contributed by atoms with Gasteiger partial charge in [0.15, 0.2) is 0 Å². The zero-order chi connectivity index (χ0) is 19.9. The van der Waals surface area contributed by atoms with Crippen molar-refractivity contribution < 1.29 is 22.8 Å². The van der Waals surface area contributed by atoms with Crippen molar-refractivity contribution in [1.82, 2.24) is 15.6 Å². The number of pyridine rings is 1. The zero-order valence-electron chi connectivity index (χ0n) is 14.6. The minimum Gasteiger partial charge on any atom is -0.343 e. The largest absolute Gasteiger partial charge is 0.405 e. The Bertz CT molecular complexity index is 795. The topological polar surface area (TPSA) is 83.1 Å². The predicted octanol–water partition coefficient (Wildman–Crippen LogP) is 3.05. The van der Waals surface area contributed by atoms with Gasteiger partial charge in [-0.1, -0.05) is 12.1 Å². The van der Waals surface area contributed by atoms with Crippen molar-refractivity contribution in [3.05, 3.63) is 59.4 Å². The number of aryl methyl sites for hydroxylation is 1. The Morgan fingerprint density at radius 2 is 1.93 bits per heavy atom. The molecule has 2 rings (SSSR count). The summed E-state index contributed by atoms with van der Waals surface area (Å²) >= 11 is 0. The Labute approximate surface area is 154 Å². The number of nitrogens with one attached hydrogen (secondary N) is 3. The van der Waals surface area contributed by atoms with Crippen molar-refractivity contribution in [3.63, 3.8) is 0 Å². The summed E-state index contributed by atoms with van der Waals surface area (Å²) in [5.41, 5.74) is 2.01. The number of aromatic nitrogens is 1. The molecule has 0 saturated heterocycles. The fraction of sp³-hybridized carbons (Fsp3) is 0.278. The first kappa shape index (κ1) is 20.2. The highest BCUT2D eigenvalue weighted by Gasteiger charge is 2.28. The molecule has 0 aliphatic carbocycles. The second kappa shape index (κ2) is 9.02. The van der Waals surface area contributed by atoms with E-state index in [1.54, 1.807) is 36.8 Å². The Kier molecular flexibility index (Phi) is 6.75. The number of benzene rings is 1. The minimum absolute atomic E-state index is 0.0236. The number of rotatable bonds is 6. The summed E-state index contributed by atoms with van der Waals surface area (Å²) in [4.78, 5) is 27.8. The standard InChI is InChI=1S/C18H19F3N4O2/c1-12-4-5-14(16(26)24-11-18(19,20)21)9-15(12)25-17(27)23-8-6-13-3-2-7-22-10-13/h2-5,7,9-10H,6,8,11H2,1H3,(H,24,26)(H2,23,25,27). The number of hydrogen-bond acceptors (Lipinski definition) is 3. The molecule has 3 amide bonds. The van der Waals surface area contributed by atoms with Crippen LogP contribution in [0, 0.1) is 6.92 Å². The third-order valence-electron chi connectivity index (χ3n) is 3.62. The third kappa shape index (κ3) is 6.96. The number of anilines is 1. The number of carbonyl (C=O) groups excluding carboxylic acids is 2. The summed E-state index contributed by atoms with van der Waals surface area (Å²) in [7, 11) is 0. The van der Waals surface area contributed by atoms with Gasteiger partial charge in [0.05, 0.1) is 0 Å². The first-order valence-corrected chi connectivity index (χ1v) is 8.14. The van der Waals surface area contributed by atoms with Crippen molar-refractivity contribution in [2.24, 2.45) is 0 Å². The lowest BCUT2D eigenvalue weighted by Crippen LogP contribution is -2.34. The first-order chi connectivity index (χ1) is 12.7. The van der Waals surface area contributed by atoms with Crippen LogP contribution >= 0.6 is 0 Å². The van der Waals surface area contributed by atoms with Crippen LogP contribution in [0.3, 0.4) is 0 Å². The number of nitrogens with zero attached hydrogens (tertiary/aromatic N) is 1. The molecule has 0 saturated carbocycles. The molecule has 1 heterocycles. The average molecular weight is 380 g/mol. The summed E-state index contributed by atoms with van der Waals surface area (Å²) in [5, 5.41) is 7.06. The quantitative estimate of drug-likeness (QED) is 0.720. The van der Waals surface area contributed by atoms with E-state index in [-0.39, 0.29) is 5.56 Å². The number of hydrogen-bond donors (Lipinski definition) is 3. The van der Waals surface area contributed by atoms with Crippen LogP contribution in [0.5, 0.6) is 0 Å². The molecule has 0 atom stereocenters. The molecule has 0 bridgehead atoms. The van der Waals surface area contributed by atoms with Crippen LogP contribution in [0.25, 0.3) is 0 Å². The van der Waals surface area contributed by atoms with E-state index in [4.69, 9.17) is 0 Å². The molecule has 2 aromatic rings. The highest BCUT2D eigenvalue weighted by molar-refractivity contribution is 5.97. The number of carbonyl (C=O) groups is 2. The molecule has 0 aliphatic rings. The van der Waals surface area contributed by atoms with Crippen molar-refractivity contribution in [2.45, 2.75) is 19.5 Å². The molecule has 0 aliphatic heterocycles. The van der Waals surface area contributed by atoms with Crippen molar-refractivity contribution in [2.75, 3.05) is 18.4 Å². The predicted molar refractivity (Wildman–Crippen MR) is 94.5 cm³/mol. The van der Waals surface area contributed by atoms with Crippen LogP contribution in [0.2, 0.25) is 0 Å². The van der Waals surface area contributed by atoms with E-state index in [0.717, 1.165) is 5.56 Å². The van der Waals surface area contributed by atoms with Gasteiger partial charge in [0, 0.05) is 30.2 Å². The summed E-state index contributed by atoms with van der Waals surface area (Å²) in [5.74, 6) is -0.868. The molecule has 9 heteroatoms. The lowest BCUT2D eigenvalue weighted by molar-refractivity contribution is -0.123. The maximum Gasteiger partial charge on any atom is 0.405 e. The lowest BCUT2D eigenvalue weighted by atomic mass is 10.1. The molecule has 6 nitrogen and oxygen atoms in total. The van der Waals surface area contributed by atoms with Gasteiger partial charge in [-0.2, -0.15) is 13.2 Å². The van der Waals surface area contributed by atoms with Gasteiger partial charge in [-0.3, -0.25) is 9.78 Å². The average Bonchev–Trinajstić information content (AvgIpc) is 2.62. The van der Waals surface area contributed by atoms with E-state index in [1.165, 1.54) is 12.1 Å². The van der Waals surface area contributed by atoms with Gasteiger partial charge in [-0.05, 0) is 42.7 Å². The van der Waals surface area contributed by atoms with Crippen molar-refractivity contribution in [3.8, 4) is 0 Å². The van der Waals surface area contributed by atoms with Gasteiger partial charge in [-0.15, -0.1) is 0 Å². The second-order valence-corrected chi connectivity index (χ2v) is 5.82. The van der Waals surface area contributed by atoms with Gasteiger partial charge in [0.2, 0.25) is 0 Å². The smallest absolute Gasteiger partial charge is 0.343 e. The van der Waals surface area contributed by atoms with Crippen LogP contribution < -0.4 is 16.0 Å². The van der Waals surface area contributed by atoms with Crippen molar-refractivity contribution in [1.29, 1.82) is 0 Å². The molecule has 0 radical (unpaired) electrons. The van der Waals surface area contributed by atoms with Crippen molar-refractivity contribution >= 4 is 17.6 Å². The second-order valence-electron chi connectivity index (χ2n) is 5.82. The molecule has 0 spiro atoms. The Hall–Kier alpha value is -3.10. The molecule has 0 fully saturated rings. The Morgan fingerprint density at radius 1 is 1.15 bits per heavy atom. The first-order valence-electron chi connectivity index (χ1n) is 8.14. The van der Waals surface area contributed by atoms with E-state index in [1.807, 2.05) is 6.07 Å². The third-order valence-corrected chi connectivity index (χ3v) is 3.62. The number of amides is 3. The lowest BCUT2D eigenvalue weighted by Gasteiger charge is -2.12. The van der Waals surface area contributed by atoms with E-state index < -0.39 is 24.7 Å². The molecule has 3 N–H and O–H groups in total. The van der Waals surface area contributed by atoms with Crippen LogP contribution in [-0.4, -0.2) is 36.2 Å². The maximum absolute atomic E-state index is 12.2. The molecule has 0 unspecified atom stereocenters. The zero-order valence-corrected chi connectivity index (χ0v) is 14.6. The summed E-state index contributed by atoms with van der Waals surface area (Å²) in [6.07, 6.45) is -0.535. The van der Waals surface area contributed by atoms with E-state index in [2.05, 4.69) is 15.6 Å². The number of halogens is 3. The normalized spacial score (nSPS) is 11.0. The van der Waals surface area contributed by atoms with Crippen LogP contribution in [0.15, 0.2) is 42.7 Å². The van der Waals surface area contributed by atoms with Crippen LogP contribution in [0.4, 0.5) is 23.7 Å². The molecule has 1 aromatic heterocycles. The summed E-state index contributed by atoms with van der Waals surface area (Å²) in [6, 6.07) is 7.49. The molecular formula is C18H19F3N4O2. The number of alkyl halides is 3. The summed E-state index contributed by atoms with van der Waals surface area (Å²) < 4.78 is 36.6. The van der Waals surface area contributed by atoms with E-state index >= 15 is 0 Å². The highest BCUT2D eigenvalue weighted by atomic mass is 19.4. The van der Waals surface area contributed by atoms with Crippen LogP contribution in [-0.2, 0) is 6.42 Å². The SMILES string of the molecule is Cc1ccc(C(=O)NCC(F)(F)F)cc1NC(=O)NCCc1cccnc1. The van der Waals surface area contributed by atoms with Gasteiger partial charge in [0.1, 0.15) is 6.54 Å². The molecule has 1 aromatic carbocycles. The maximum atomic E-state index is 12.2.